The Morgan fingerprint density at radius 3 is 2.48 bits per heavy atom. The van der Waals surface area contributed by atoms with E-state index in [2.05, 4.69) is 71.8 Å². The molecule has 0 fully saturated rings. The van der Waals surface area contributed by atoms with Crippen molar-refractivity contribution in [2.75, 3.05) is 0 Å². The molecule has 1 atom stereocenters. The number of fused-ring (bicyclic) bond motifs is 1. The number of nitrogens with one attached hydrogen (secondary N) is 1. The van der Waals surface area contributed by atoms with Crippen LogP contribution in [0.15, 0.2) is 78.9 Å². The summed E-state index contributed by atoms with van der Waals surface area (Å²) in [5, 5.41) is 0. The van der Waals surface area contributed by atoms with Crippen molar-refractivity contribution in [3.05, 3.63) is 90.3 Å². The smallest absolute Gasteiger partial charge is 0.122 e. The topological polar surface area (TPSA) is 28.7 Å². The highest BCUT2D eigenvalue weighted by molar-refractivity contribution is 5.75. The van der Waals surface area contributed by atoms with Crippen molar-refractivity contribution in [2.24, 2.45) is 0 Å². The Balaban J connectivity index is 1.94. The molecule has 1 unspecified atom stereocenters. The third-order valence-electron chi connectivity index (χ3n) is 4.17. The summed E-state index contributed by atoms with van der Waals surface area (Å²) in [6, 6.07) is 18.8. The van der Waals surface area contributed by atoms with Gasteiger partial charge in [-0.25, -0.2) is 4.98 Å². The summed E-state index contributed by atoms with van der Waals surface area (Å²) in [6.07, 6.45) is 9.60. The Labute approximate surface area is 123 Å². The highest BCUT2D eigenvalue weighted by Crippen LogP contribution is 2.38. The van der Waals surface area contributed by atoms with Crippen LogP contribution in [-0.2, 0) is 5.41 Å². The van der Waals surface area contributed by atoms with E-state index in [-0.39, 0.29) is 5.41 Å². The van der Waals surface area contributed by atoms with Gasteiger partial charge in [0.1, 0.15) is 5.82 Å². The van der Waals surface area contributed by atoms with E-state index in [4.69, 9.17) is 4.98 Å². The van der Waals surface area contributed by atoms with Gasteiger partial charge in [-0.15, -0.1) is 0 Å². The van der Waals surface area contributed by atoms with Gasteiger partial charge in [-0.2, -0.15) is 0 Å². The molecule has 0 bridgehead atoms. The maximum atomic E-state index is 4.84. The first-order valence-electron chi connectivity index (χ1n) is 7.24. The molecule has 0 saturated carbocycles. The summed E-state index contributed by atoms with van der Waals surface area (Å²) in [6.45, 7) is 0. The molecule has 0 saturated heterocycles. The first-order chi connectivity index (χ1) is 10.4. The van der Waals surface area contributed by atoms with Crippen LogP contribution in [0, 0.1) is 0 Å². The van der Waals surface area contributed by atoms with Crippen molar-refractivity contribution >= 4 is 11.0 Å². The maximum absolute atomic E-state index is 4.84. The monoisotopic (exact) mass is 272 g/mol. The van der Waals surface area contributed by atoms with Gasteiger partial charge in [0.2, 0.25) is 0 Å². The molecule has 1 aliphatic rings. The zero-order valence-electron chi connectivity index (χ0n) is 11.7. The number of para-hydroxylation sites is 2. The third-order valence-corrected chi connectivity index (χ3v) is 4.17. The normalized spacial score (nSPS) is 21.0. The molecule has 1 N–H and O–H groups in total. The van der Waals surface area contributed by atoms with Gasteiger partial charge in [0.25, 0.3) is 0 Å². The van der Waals surface area contributed by atoms with Gasteiger partial charge in [-0.05, 0) is 24.1 Å². The molecular weight excluding hydrogens is 256 g/mol. The zero-order valence-corrected chi connectivity index (χ0v) is 11.7. The lowest BCUT2D eigenvalue weighted by molar-refractivity contribution is 0.609. The van der Waals surface area contributed by atoms with Gasteiger partial charge in [0.05, 0.1) is 16.4 Å². The number of aromatic nitrogens is 2. The number of benzene rings is 2. The summed E-state index contributed by atoms with van der Waals surface area (Å²) in [5.74, 6) is 1.01. The van der Waals surface area contributed by atoms with Crippen molar-refractivity contribution in [1.82, 2.24) is 9.97 Å². The Hall–Kier alpha value is -2.61. The summed E-state index contributed by atoms with van der Waals surface area (Å²) >= 11 is 0. The van der Waals surface area contributed by atoms with Crippen LogP contribution in [-0.4, -0.2) is 9.97 Å². The lowest BCUT2D eigenvalue weighted by atomic mass is 9.75. The van der Waals surface area contributed by atoms with Gasteiger partial charge < -0.3 is 4.98 Å². The number of H-pyrrole nitrogens is 1. The van der Waals surface area contributed by atoms with E-state index >= 15 is 0 Å². The third kappa shape index (κ3) is 1.91. The molecule has 21 heavy (non-hydrogen) atoms. The van der Waals surface area contributed by atoms with Gasteiger partial charge in [-0.3, -0.25) is 0 Å². The Morgan fingerprint density at radius 2 is 1.71 bits per heavy atom. The molecule has 1 heterocycles. The second kappa shape index (κ2) is 4.74. The fourth-order valence-corrected chi connectivity index (χ4v) is 3.05. The Morgan fingerprint density at radius 1 is 0.905 bits per heavy atom. The number of allylic oxidation sites excluding steroid dienone is 4. The second-order valence-electron chi connectivity index (χ2n) is 5.43. The summed E-state index contributed by atoms with van der Waals surface area (Å²) in [7, 11) is 0. The van der Waals surface area contributed by atoms with Crippen molar-refractivity contribution in [2.45, 2.75) is 11.8 Å². The molecule has 2 nitrogen and oxygen atoms in total. The fraction of sp³-hybridized carbons (Fsp3) is 0.105. The minimum absolute atomic E-state index is 0.199. The predicted octanol–water partition coefficient (Wildman–Crippen LogP) is 4.37. The standard InChI is InChI=1S/C19H16N2/c1-3-9-15(10-4-1)19(13-7-2-8-14-19)18-20-16-11-5-6-12-17(16)21-18/h1-13H,14H2,(H,20,21). The summed E-state index contributed by atoms with van der Waals surface area (Å²) in [5.41, 5.74) is 3.18. The van der Waals surface area contributed by atoms with Crippen LogP contribution in [0.1, 0.15) is 17.8 Å². The van der Waals surface area contributed by atoms with E-state index in [1.807, 2.05) is 12.1 Å². The molecule has 1 aliphatic carbocycles. The summed E-state index contributed by atoms with van der Waals surface area (Å²) in [4.78, 5) is 8.35. The molecule has 2 aromatic carbocycles. The van der Waals surface area contributed by atoms with Crippen LogP contribution in [0.4, 0.5) is 0 Å². The van der Waals surface area contributed by atoms with Crippen LogP contribution in [0.5, 0.6) is 0 Å². The average Bonchev–Trinajstić information content (AvgIpc) is 3.01. The minimum Gasteiger partial charge on any atom is -0.341 e. The van der Waals surface area contributed by atoms with E-state index < -0.39 is 0 Å². The molecular formula is C19H16N2. The average molecular weight is 272 g/mol. The minimum atomic E-state index is -0.199. The lowest BCUT2D eigenvalue weighted by Gasteiger charge is -2.29. The number of imidazole rings is 1. The van der Waals surface area contributed by atoms with E-state index in [0.29, 0.717) is 0 Å². The first kappa shape index (κ1) is 12.2. The lowest BCUT2D eigenvalue weighted by Crippen LogP contribution is -2.27. The molecule has 4 rings (SSSR count). The molecule has 0 aliphatic heterocycles. The molecule has 102 valence electrons. The quantitative estimate of drug-likeness (QED) is 0.737. The SMILES string of the molecule is C1=CCC(c2ccccc2)(c2nc3ccccc3[nH]2)C=C1. The maximum Gasteiger partial charge on any atom is 0.122 e. The van der Waals surface area contributed by atoms with Crippen LogP contribution in [0.2, 0.25) is 0 Å². The molecule has 0 amide bonds. The molecule has 1 aromatic heterocycles. The van der Waals surface area contributed by atoms with E-state index in [0.717, 1.165) is 23.3 Å². The van der Waals surface area contributed by atoms with Crippen molar-refractivity contribution in [3.63, 3.8) is 0 Å². The molecule has 3 aromatic rings. The van der Waals surface area contributed by atoms with Crippen LogP contribution in [0.25, 0.3) is 11.0 Å². The van der Waals surface area contributed by atoms with E-state index in [1.54, 1.807) is 0 Å². The van der Waals surface area contributed by atoms with E-state index in [9.17, 15) is 0 Å². The Kier molecular flexibility index (Phi) is 2.74. The number of nitrogens with zero attached hydrogens (tertiary/aromatic N) is 1. The van der Waals surface area contributed by atoms with Crippen molar-refractivity contribution < 1.29 is 0 Å². The predicted molar refractivity (Wildman–Crippen MR) is 86.2 cm³/mol. The highest BCUT2D eigenvalue weighted by Gasteiger charge is 2.34. The largest absolute Gasteiger partial charge is 0.341 e. The second-order valence-corrected chi connectivity index (χ2v) is 5.43. The van der Waals surface area contributed by atoms with E-state index in [1.165, 1.54) is 5.56 Å². The Bertz CT molecular complexity index is 794. The van der Waals surface area contributed by atoms with Crippen LogP contribution < -0.4 is 0 Å². The van der Waals surface area contributed by atoms with Crippen molar-refractivity contribution in [1.29, 1.82) is 0 Å². The van der Waals surface area contributed by atoms with Gasteiger partial charge in [0, 0.05) is 0 Å². The first-order valence-corrected chi connectivity index (χ1v) is 7.24. The number of hydrogen-bond donors (Lipinski definition) is 1. The van der Waals surface area contributed by atoms with Crippen LogP contribution >= 0.6 is 0 Å². The fourth-order valence-electron chi connectivity index (χ4n) is 3.05. The molecule has 0 radical (unpaired) electrons. The number of hydrogen-bond acceptors (Lipinski definition) is 1. The number of aromatic amines is 1. The van der Waals surface area contributed by atoms with Gasteiger partial charge in [-0.1, -0.05) is 66.8 Å². The summed E-state index contributed by atoms with van der Waals surface area (Å²) < 4.78 is 0. The number of rotatable bonds is 2. The van der Waals surface area contributed by atoms with Crippen LogP contribution in [0.3, 0.4) is 0 Å². The molecule has 0 spiro atoms. The highest BCUT2D eigenvalue weighted by atomic mass is 14.9. The van der Waals surface area contributed by atoms with Crippen molar-refractivity contribution in [3.8, 4) is 0 Å². The van der Waals surface area contributed by atoms with Gasteiger partial charge in [0.15, 0.2) is 0 Å². The zero-order chi connectivity index (χ0) is 14.1. The molecule has 2 heteroatoms. The van der Waals surface area contributed by atoms with Gasteiger partial charge >= 0.3 is 0 Å².